The minimum atomic E-state index is -4.44. The van der Waals surface area contributed by atoms with E-state index in [2.05, 4.69) is 16.0 Å². The average Bonchev–Trinajstić information content (AvgIpc) is 0.825. The van der Waals surface area contributed by atoms with E-state index in [1.807, 2.05) is 13.8 Å². The van der Waals surface area contributed by atoms with Crippen LogP contribution in [0.2, 0.25) is 0 Å². The van der Waals surface area contributed by atoms with Crippen molar-refractivity contribution >= 4 is 41.2 Å². The Bertz CT molecular complexity index is 2160. The van der Waals surface area contributed by atoms with Crippen molar-refractivity contribution in [3.05, 3.63) is 0 Å². The summed E-state index contributed by atoms with van der Waals surface area (Å²) in [5.41, 5.74) is -0.806. The largest absolute Gasteiger partial charge is 0.472 e. The van der Waals surface area contributed by atoms with E-state index in [9.17, 15) is 88.7 Å². The number of amides is 3. The molecule has 0 bridgehead atoms. The van der Waals surface area contributed by atoms with Gasteiger partial charge in [-0.3, -0.25) is 41.5 Å². The summed E-state index contributed by atoms with van der Waals surface area (Å²) in [6.45, 7) is 7.15. The van der Waals surface area contributed by atoms with Gasteiger partial charge in [-0.05, 0) is 70.6 Å². The topological polar surface area (TPSA) is 520 Å². The first-order chi connectivity index (χ1) is 45.9. The number of carbonyl (C=O) groups is 3. The van der Waals surface area contributed by atoms with Crippen LogP contribution in [0.1, 0.15) is 138 Å². The van der Waals surface area contributed by atoms with E-state index >= 15 is 0 Å². The van der Waals surface area contributed by atoms with Crippen molar-refractivity contribution in [1.82, 2.24) is 16.0 Å². The van der Waals surface area contributed by atoms with Gasteiger partial charge in [-0.1, -0.05) is 52.4 Å². The highest BCUT2D eigenvalue weighted by molar-refractivity contribution is 7.47. The molecule has 0 aromatic rings. The van der Waals surface area contributed by atoms with Crippen LogP contribution in [0, 0.1) is 11.3 Å². The van der Waals surface area contributed by atoms with Crippen LogP contribution in [0.15, 0.2) is 0 Å². The number of phosphoric acid groups is 3. The molecule has 0 saturated carbocycles. The summed E-state index contributed by atoms with van der Waals surface area (Å²) in [7, 11) is -13.3. The van der Waals surface area contributed by atoms with Crippen molar-refractivity contribution in [3.8, 4) is 0 Å². The van der Waals surface area contributed by atoms with Crippen molar-refractivity contribution in [2.24, 2.45) is 11.3 Å². The maximum absolute atomic E-state index is 12.7. The Balaban J connectivity index is 1.84. The smallest absolute Gasteiger partial charge is 0.394 e. The van der Waals surface area contributed by atoms with E-state index in [4.69, 9.17) is 69.8 Å². The Kier molecular flexibility index (Phi) is 47.4. The predicted molar refractivity (Wildman–Crippen MR) is 340 cm³/mol. The number of phosphoric ester groups is 3. The second-order valence-corrected chi connectivity index (χ2v) is 28.3. The maximum Gasteiger partial charge on any atom is 0.472 e. The molecule has 97 heavy (non-hydrogen) atoms. The van der Waals surface area contributed by atoms with Crippen LogP contribution >= 0.6 is 23.5 Å². The average molecular weight is 1470 g/mol. The van der Waals surface area contributed by atoms with Gasteiger partial charge in [0.15, 0.2) is 18.8 Å². The second-order valence-electron chi connectivity index (χ2n) is 24.0. The van der Waals surface area contributed by atoms with Gasteiger partial charge in [0.2, 0.25) is 24.0 Å². The Labute approximate surface area is 568 Å². The van der Waals surface area contributed by atoms with Crippen LogP contribution in [0.3, 0.4) is 0 Å². The molecule has 2 fully saturated rings. The standard InChI is InChI=1S/C58H114N3O33P3/c1-40(2)58(39-82-24-21-33-91-97(78,79)88-30-18-12-9-15-27-85-57(54(73)61-44(6)68)92-45(34-62)41(3)65,37-80-22-19-31-89-95(74,75)86-28-16-10-7-13-25-83-55-48(59-42(4)66)52(71)50(69)46(35-63)93-55)38-81-23-20-32-90-96(76,77)87-29-17-11-8-14-26-84-56-49(60-43(5)67)53(72)51(70)47(36-64)94-56/h40-41,45-57,62-65,69-73H,7-39H2,1-6H3,(H,59,66)(H,60,67)(H,61,68)(H,74,75)(H,76,77)(H,78,79)/t41-,45?,46?,47?,48?,49?,50?,51?,52?,53?,54+,55?,56?,57?,58?/m1/s1. The van der Waals surface area contributed by atoms with Crippen molar-refractivity contribution in [2.75, 3.05) is 119 Å². The number of nitrogens with one attached hydrogen (secondary N) is 3. The van der Waals surface area contributed by atoms with Crippen molar-refractivity contribution < 1.29 is 158 Å². The van der Waals surface area contributed by atoms with E-state index < -0.39 is 152 Å². The monoisotopic (exact) mass is 1470 g/mol. The van der Waals surface area contributed by atoms with Crippen molar-refractivity contribution in [3.63, 3.8) is 0 Å². The SMILES string of the molecule is CC(=O)NC1C(OCCCCCCOP(=O)(O)OCCCOCC(COCCCOP(=O)(O)OCCCCCCOC2OC(CO)C(O)C(O)C2NC(C)=O)(COCCCOP(=O)(O)OCCCCCCOC(OC(CO)[C@@H](C)O)[C@H](O)NC(C)=O)C(C)C)OC(CO)C(O)C1O. The molecule has 2 aliphatic rings. The quantitative estimate of drug-likeness (QED) is 0.0223. The van der Waals surface area contributed by atoms with E-state index in [1.165, 1.54) is 27.7 Å². The molecule has 0 aromatic heterocycles. The number of hydrogen-bond donors (Lipinski definition) is 15. The molecule has 2 heterocycles. The first-order valence-corrected chi connectivity index (χ1v) is 37.5. The molecule has 0 spiro atoms. The fourth-order valence-electron chi connectivity index (χ4n) is 9.59. The van der Waals surface area contributed by atoms with Crippen LogP contribution < -0.4 is 16.0 Å². The minimum absolute atomic E-state index is 0.0758. The molecule has 2 saturated heterocycles. The summed E-state index contributed by atoms with van der Waals surface area (Å²) in [6.07, 6.45) is -8.60. The zero-order valence-electron chi connectivity index (χ0n) is 56.8. The van der Waals surface area contributed by atoms with E-state index in [-0.39, 0.29) is 124 Å². The third-order valence-electron chi connectivity index (χ3n) is 15.3. The second kappa shape index (κ2) is 50.4. The molecule has 2 rings (SSSR count). The number of ether oxygens (including phenoxy) is 9. The van der Waals surface area contributed by atoms with E-state index in [1.54, 1.807) is 0 Å². The van der Waals surface area contributed by atoms with Gasteiger partial charge >= 0.3 is 23.5 Å². The number of aliphatic hydroxyl groups excluding tert-OH is 9. The fraction of sp³-hybridized carbons (Fsp3) is 0.948. The molecular weight excluding hydrogens is 1360 g/mol. The van der Waals surface area contributed by atoms with Gasteiger partial charge in [0.1, 0.15) is 54.8 Å². The van der Waals surface area contributed by atoms with Gasteiger partial charge in [0, 0.05) is 65.8 Å². The van der Waals surface area contributed by atoms with E-state index in [0.717, 1.165) is 0 Å². The zero-order chi connectivity index (χ0) is 72.5. The Morgan fingerprint density at radius 2 is 0.794 bits per heavy atom. The summed E-state index contributed by atoms with van der Waals surface area (Å²) < 4.78 is 121. The molecule has 15 N–H and O–H groups in total. The third kappa shape index (κ3) is 38.9. The highest BCUT2D eigenvalue weighted by Crippen LogP contribution is 2.45. The van der Waals surface area contributed by atoms with Crippen LogP contribution in [-0.2, 0) is 97.9 Å². The molecule has 39 heteroatoms. The highest BCUT2D eigenvalue weighted by atomic mass is 31.2. The van der Waals surface area contributed by atoms with Crippen LogP contribution in [0.5, 0.6) is 0 Å². The first kappa shape index (κ1) is 91.1. The molecule has 574 valence electrons. The van der Waals surface area contributed by atoms with Gasteiger partial charge in [-0.2, -0.15) is 0 Å². The summed E-state index contributed by atoms with van der Waals surface area (Å²) in [5, 5.41) is 97.2. The third-order valence-corrected chi connectivity index (χ3v) is 18.4. The number of hydrogen-bond acceptors (Lipinski definition) is 30. The van der Waals surface area contributed by atoms with Gasteiger partial charge in [-0.15, -0.1) is 0 Å². The highest BCUT2D eigenvalue weighted by Gasteiger charge is 2.47. The molecule has 0 aromatic carbocycles. The molecule has 3 amide bonds. The van der Waals surface area contributed by atoms with Crippen LogP contribution in [0.4, 0.5) is 0 Å². The van der Waals surface area contributed by atoms with Crippen molar-refractivity contribution in [2.45, 2.75) is 224 Å². The normalized spacial score (nSPS) is 25.3. The Morgan fingerprint density at radius 1 is 0.464 bits per heavy atom. The number of carbonyl (C=O) groups excluding carboxylic acids is 3. The lowest BCUT2D eigenvalue weighted by Gasteiger charge is -2.42. The molecule has 15 unspecified atom stereocenters. The molecule has 36 nitrogen and oxygen atoms in total. The lowest BCUT2D eigenvalue weighted by Crippen LogP contribution is -2.64. The summed E-state index contributed by atoms with van der Waals surface area (Å²) in [5.74, 6) is -1.66. The summed E-state index contributed by atoms with van der Waals surface area (Å²) in [6, 6.07) is -2.13. The maximum atomic E-state index is 12.7. The Morgan fingerprint density at radius 3 is 1.09 bits per heavy atom. The van der Waals surface area contributed by atoms with Gasteiger partial charge < -0.3 is 119 Å². The van der Waals surface area contributed by atoms with E-state index in [0.29, 0.717) is 77.0 Å². The summed E-state index contributed by atoms with van der Waals surface area (Å²) >= 11 is 0. The molecule has 2 aliphatic heterocycles. The molecular formula is C58H114N3O33P3. The molecule has 0 radical (unpaired) electrons. The van der Waals surface area contributed by atoms with Crippen molar-refractivity contribution in [1.29, 1.82) is 0 Å². The van der Waals surface area contributed by atoms with Gasteiger partial charge in [-0.25, -0.2) is 13.7 Å². The molecule has 0 aliphatic carbocycles. The lowest BCUT2D eigenvalue weighted by molar-refractivity contribution is -0.270. The van der Waals surface area contributed by atoms with Crippen LogP contribution in [-0.4, -0.2) is 283 Å². The van der Waals surface area contributed by atoms with Gasteiger partial charge in [0.05, 0.1) is 85.4 Å². The number of rotatable bonds is 59. The van der Waals surface area contributed by atoms with Crippen LogP contribution in [0.25, 0.3) is 0 Å². The van der Waals surface area contributed by atoms with Gasteiger partial charge in [0.25, 0.3) is 0 Å². The first-order valence-electron chi connectivity index (χ1n) is 33.1. The fourth-order valence-corrected chi connectivity index (χ4v) is 12.0. The Hall–Kier alpha value is -1.98. The zero-order valence-corrected chi connectivity index (χ0v) is 59.5. The minimum Gasteiger partial charge on any atom is -0.394 e. The predicted octanol–water partition coefficient (Wildman–Crippen LogP) is 0.407. The lowest BCUT2D eigenvalue weighted by atomic mass is 9.79. The number of aliphatic hydroxyl groups is 9. The summed E-state index contributed by atoms with van der Waals surface area (Å²) in [4.78, 5) is 65.7. The molecule has 17 atom stereocenters. The number of unbranched alkanes of at least 4 members (excludes halogenated alkanes) is 9.